The summed E-state index contributed by atoms with van der Waals surface area (Å²) in [5, 5.41) is 0. The van der Waals surface area contributed by atoms with Crippen molar-refractivity contribution in [2.24, 2.45) is 0 Å². The lowest BCUT2D eigenvalue weighted by molar-refractivity contribution is 0.0520. The van der Waals surface area contributed by atoms with Crippen molar-refractivity contribution in [1.29, 1.82) is 0 Å². The summed E-state index contributed by atoms with van der Waals surface area (Å²) in [6.07, 6.45) is 1.24. The Morgan fingerprint density at radius 2 is 2.12 bits per heavy atom. The molecule has 0 saturated carbocycles. The van der Waals surface area contributed by atoms with Crippen molar-refractivity contribution in [1.82, 2.24) is 4.98 Å². The van der Waals surface area contributed by atoms with Gasteiger partial charge in [0.2, 0.25) is 0 Å². The Bertz CT molecular complexity index is 476. The zero-order chi connectivity index (χ0) is 11.4. The molecule has 0 unspecified atom stereocenters. The molecule has 0 aliphatic carbocycles. The Morgan fingerprint density at radius 1 is 1.38 bits per heavy atom. The largest absolute Gasteiger partial charge is 0.461 e. The molecule has 0 saturated heterocycles. The molecule has 4 heteroatoms. The minimum atomic E-state index is -0.463. The van der Waals surface area contributed by atoms with E-state index in [1.54, 1.807) is 6.92 Å². The lowest BCUT2D eigenvalue weighted by Gasteiger charge is -2.00. The second kappa shape index (κ2) is 4.61. The van der Waals surface area contributed by atoms with E-state index >= 15 is 0 Å². The van der Waals surface area contributed by atoms with Crippen LogP contribution in [-0.4, -0.2) is 17.6 Å². The van der Waals surface area contributed by atoms with Gasteiger partial charge in [0.15, 0.2) is 17.8 Å². The number of carbonyl (C=O) groups excluding carboxylic acids is 1. The molecule has 2 aromatic rings. The minimum absolute atomic E-state index is 0.216. The SMILES string of the molecule is CCOC(=O)c1ncoc1-c1ccccc1. The second-order valence-electron chi connectivity index (χ2n) is 3.12. The van der Waals surface area contributed by atoms with E-state index in [4.69, 9.17) is 9.15 Å². The molecule has 1 heterocycles. The molecular weight excluding hydrogens is 206 g/mol. The van der Waals surface area contributed by atoms with Gasteiger partial charge in [-0.25, -0.2) is 9.78 Å². The summed E-state index contributed by atoms with van der Waals surface area (Å²) in [6.45, 7) is 2.07. The summed E-state index contributed by atoms with van der Waals surface area (Å²) < 4.78 is 10.1. The van der Waals surface area contributed by atoms with Gasteiger partial charge in [-0.05, 0) is 6.92 Å². The molecule has 2 rings (SSSR count). The van der Waals surface area contributed by atoms with Crippen LogP contribution < -0.4 is 0 Å². The maximum Gasteiger partial charge on any atom is 0.360 e. The van der Waals surface area contributed by atoms with E-state index < -0.39 is 5.97 Å². The van der Waals surface area contributed by atoms with E-state index in [-0.39, 0.29) is 5.69 Å². The third-order valence-electron chi connectivity index (χ3n) is 2.07. The van der Waals surface area contributed by atoms with Gasteiger partial charge in [0, 0.05) is 5.56 Å². The highest BCUT2D eigenvalue weighted by atomic mass is 16.5. The number of carbonyl (C=O) groups is 1. The Balaban J connectivity index is 2.37. The summed E-state index contributed by atoms with van der Waals surface area (Å²) >= 11 is 0. The maximum atomic E-state index is 11.6. The first-order valence-corrected chi connectivity index (χ1v) is 4.99. The van der Waals surface area contributed by atoms with Crippen molar-refractivity contribution >= 4 is 5.97 Å². The monoisotopic (exact) mass is 217 g/mol. The molecule has 82 valence electrons. The van der Waals surface area contributed by atoms with Gasteiger partial charge in [0.25, 0.3) is 0 Å². The number of oxazole rings is 1. The Labute approximate surface area is 92.9 Å². The Morgan fingerprint density at radius 3 is 2.81 bits per heavy atom. The van der Waals surface area contributed by atoms with Gasteiger partial charge in [0.1, 0.15) is 0 Å². The third kappa shape index (κ3) is 1.95. The van der Waals surface area contributed by atoms with Crippen molar-refractivity contribution in [3.8, 4) is 11.3 Å². The van der Waals surface area contributed by atoms with E-state index in [0.29, 0.717) is 12.4 Å². The van der Waals surface area contributed by atoms with Gasteiger partial charge in [0.05, 0.1) is 6.61 Å². The molecule has 4 nitrogen and oxygen atoms in total. The number of hydrogen-bond donors (Lipinski definition) is 0. The van der Waals surface area contributed by atoms with E-state index in [1.165, 1.54) is 6.39 Å². The fourth-order valence-electron chi connectivity index (χ4n) is 1.39. The number of ether oxygens (including phenoxy) is 1. The highest BCUT2D eigenvalue weighted by Crippen LogP contribution is 2.23. The van der Waals surface area contributed by atoms with Crippen molar-refractivity contribution in [2.75, 3.05) is 6.61 Å². The van der Waals surface area contributed by atoms with Crippen molar-refractivity contribution in [3.63, 3.8) is 0 Å². The third-order valence-corrected chi connectivity index (χ3v) is 2.07. The van der Waals surface area contributed by atoms with E-state index in [1.807, 2.05) is 30.3 Å². The van der Waals surface area contributed by atoms with Gasteiger partial charge < -0.3 is 9.15 Å². The zero-order valence-electron chi connectivity index (χ0n) is 8.84. The lowest BCUT2D eigenvalue weighted by atomic mass is 10.1. The van der Waals surface area contributed by atoms with E-state index in [2.05, 4.69) is 4.98 Å². The van der Waals surface area contributed by atoms with Gasteiger partial charge in [-0.2, -0.15) is 0 Å². The van der Waals surface area contributed by atoms with E-state index in [9.17, 15) is 4.79 Å². The summed E-state index contributed by atoms with van der Waals surface area (Å²) in [5.74, 6) is -0.0193. The van der Waals surface area contributed by atoms with Crippen LogP contribution in [-0.2, 0) is 4.74 Å². The van der Waals surface area contributed by atoms with E-state index in [0.717, 1.165) is 5.56 Å². The first-order chi connectivity index (χ1) is 7.83. The summed E-state index contributed by atoms with van der Waals surface area (Å²) in [4.78, 5) is 15.4. The van der Waals surface area contributed by atoms with Crippen molar-refractivity contribution < 1.29 is 13.9 Å². The molecule has 16 heavy (non-hydrogen) atoms. The van der Waals surface area contributed by atoms with Crippen LogP contribution in [0, 0.1) is 0 Å². The number of rotatable bonds is 3. The molecule has 0 fully saturated rings. The van der Waals surface area contributed by atoms with Crippen molar-refractivity contribution in [3.05, 3.63) is 42.4 Å². The molecule has 0 bridgehead atoms. The Hall–Kier alpha value is -2.10. The highest BCUT2D eigenvalue weighted by Gasteiger charge is 2.18. The molecule has 0 atom stereocenters. The molecule has 0 aliphatic rings. The van der Waals surface area contributed by atoms with Crippen LogP contribution in [0.2, 0.25) is 0 Å². The number of hydrogen-bond acceptors (Lipinski definition) is 4. The van der Waals surface area contributed by atoms with Crippen molar-refractivity contribution in [2.45, 2.75) is 6.92 Å². The Kier molecular flexibility index (Phi) is 3.00. The average Bonchev–Trinajstić information content (AvgIpc) is 2.79. The van der Waals surface area contributed by atoms with Crippen LogP contribution in [0.1, 0.15) is 17.4 Å². The average molecular weight is 217 g/mol. The lowest BCUT2D eigenvalue weighted by Crippen LogP contribution is -2.06. The van der Waals surface area contributed by atoms with Gasteiger partial charge in [-0.3, -0.25) is 0 Å². The summed E-state index contributed by atoms with van der Waals surface area (Å²) in [5.41, 5.74) is 1.02. The number of nitrogens with zero attached hydrogens (tertiary/aromatic N) is 1. The molecule has 0 amide bonds. The number of aromatic nitrogens is 1. The predicted molar refractivity (Wildman–Crippen MR) is 57.9 cm³/mol. The van der Waals surface area contributed by atoms with Crippen LogP contribution in [0.3, 0.4) is 0 Å². The quantitative estimate of drug-likeness (QED) is 0.741. The summed E-state index contributed by atoms with van der Waals surface area (Å²) in [6, 6.07) is 9.33. The van der Waals surface area contributed by atoms with Crippen LogP contribution in [0.25, 0.3) is 11.3 Å². The van der Waals surface area contributed by atoms with Gasteiger partial charge in [-0.15, -0.1) is 0 Å². The fraction of sp³-hybridized carbons (Fsp3) is 0.167. The molecule has 0 radical (unpaired) electrons. The topological polar surface area (TPSA) is 52.3 Å². The maximum absolute atomic E-state index is 11.6. The zero-order valence-corrected chi connectivity index (χ0v) is 8.84. The van der Waals surface area contributed by atoms with Crippen LogP contribution in [0.4, 0.5) is 0 Å². The molecule has 0 aliphatic heterocycles. The molecule has 1 aromatic carbocycles. The summed E-state index contributed by atoms with van der Waals surface area (Å²) in [7, 11) is 0. The smallest absolute Gasteiger partial charge is 0.360 e. The first-order valence-electron chi connectivity index (χ1n) is 4.99. The fourth-order valence-corrected chi connectivity index (χ4v) is 1.39. The molecular formula is C12H11NO3. The van der Waals surface area contributed by atoms with Gasteiger partial charge >= 0.3 is 5.97 Å². The van der Waals surface area contributed by atoms with Crippen LogP contribution in [0.15, 0.2) is 41.1 Å². The van der Waals surface area contributed by atoms with Crippen LogP contribution in [0.5, 0.6) is 0 Å². The van der Waals surface area contributed by atoms with Crippen LogP contribution >= 0.6 is 0 Å². The number of benzene rings is 1. The first kappa shape index (κ1) is 10.4. The molecule has 0 spiro atoms. The number of esters is 1. The normalized spacial score (nSPS) is 10.1. The predicted octanol–water partition coefficient (Wildman–Crippen LogP) is 2.52. The highest BCUT2D eigenvalue weighted by molar-refractivity contribution is 5.93. The second-order valence-corrected chi connectivity index (χ2v) is 3.12. The molecule has 1 aromatic heterocycles. The molecule has 0 N–H and O–H groups in total. The minimum Gasteiger partial charge on any atom is -0.461 e. The van der Waals surface area contributed by atoms with Gasteiger partial charge in [-0.1, -0.05) is 30.3 Å². The standard InChI is InChI=1S/C12H11NO3/c1-2-15-12(14)10-11(16-8-13-10)9-6-4-3-5-7-9/h3-8H,2H2,1H3.